The van der Waals surface area contributed by atoms with E-state index in [0.29, 0.717) is 12.1 Å². The maximum absolute atomic E-state index is 11.8. The molecule has 0 saturated heterocycles. The second-order valence-electron chi connectivity index (χ2n) is 3.76. The monoisotopic (exact) mass is 199 g/mol. The predicted octanol–water partition coefficient (Wildman–Crippen LogP) is 2.55. The summed E-state index contributed by atoms with van der Waals surface area (Å²) in [6.45, 7) is 3.87. The molecular formula is C13H13NO. The zero-order valence-electron chi connectivity index (χ0n) is 8.95. The molecule has 1 aliphatic heterocycles. The first kappa shape index (κ1) is 9.84. The molecule has 1 aromatic carbocycles. The standard InChI is InChI=1S/C13H13NO/c1-9-10(2)14-13(9)12(15)8-11-6-4-3-5-7-11/h3-7H,8H2,1-2H3. The Morgan fingerprint density at radius 3 is 2.40 bits per heavy atom. The highest BCUT2D eigenvalue weighted by molar-refractivity contribution is 6.48. The number of Topliss-reactive ketones (excluding diaryl/α,β-unsaturated/α-hetero) is 1. The topological polar surface area (TPSA) is 29.4 Å². The minimum atomic E-state index is 0.115. The summed E-state index contributed by atoms with van der Waals surface area (Å²) in [5.74, 6) is 0.115. The van der Waals surface area contributed by atoms with Crippen LogP contribution in [-0.4, -0.2) is 11.5 Å². The van der Waals surface area contributed by atoms with Gasteiger partial charge >= 0.3 is 0 Å². The van der Waals surface area contributed by atoms with Gasteiger partial charge in [0.25, 0.3) is 0 Å². The summed E-state index contributed by atoms with van der Waals surface area (Å²) in [6.07, 6.45) is 0.449. The molecule has 0 bridgehead atoms. The maximum atomic E-state index is 11.8. The molecule has 0 spiro atoms. The van der Waals surface area contributed by atoms with Gasteiger partial charge in [0, 0.05) is 12.1 Å². The minimum Gasteiger partial charge on any atom is -0.292 e. The van der Waals surface area contributed by atoms with E-state index in [4.69, 9.17) is 0 Å². The van der Waals surface area contributed by atoms with Gasteiger partial charge in [-0.1, -0.05) is 30.3 Å². The number of hydrogen-bond donors (Lipinski definition) is 0. The van der Waals surface area contributed by atoms with Crippen LogP contribution < -0.4 is 0 Å². The van der Waals surface area contributed by atoms with Gasteiger partial charge in [-0.3, -0.25) is 4.79 Å². The van der Waals surface area contributed by atoms with Gasteiger partial charge in [0.1, 0.15) is 5.71 Å². The van der Waals surface area contributed by atoms with Crippen molar-refractivity contribution in [3.05, 3.63) is 47.2 Å². The third kappa shape index (κ3) is 1.89. The molecule has 1 aliphatic rings. The van der Waals surface area contributed by atoms with E-state index in [1.54, 1.807) is 0 Å². The van der Waals surface area contributed by atoms with Crippen molar-refractivity contribution in [1.82, 2.24) is 0 Å². The highest BCUT2D eigenvalue weighted by atomic mass is 16.1. The Morgan fingerprint density at radius 2 is 1.87 bits per heavy atom. The highest BCUT2D eigenvalue weighted by Crippen LogP contribution is 2.19. The van der Waals surface area contributed by atoms with Gasteiger partial charge in [0.2, 0.25) is 0 Å². The summed E-state index contributed by atoms with van der Waals surface area (Å²) >= 11 is 0. The van der Waals surface area contributed by atoms with Crippen molar-refractivity contribution in [3.8, 4) is 0 Å². The molecule has 1 aromatic rings. The van der Waals surface area contributed by atoms with Crippen LogP contribution in [-0.2, 0) is 11.2 Å². The number of carbonyl (C=O) groups is 1. The van der Waals surface area contributed by atoms with E-state index in [2.05, 4.69) is 4.99 Å². The van der Waals surface area contributed by atoms with E-state index in [-0.39, 0.29) is 5.78 Å². The number of allylic oxidation sites excluding steroid dienone is 2. The Balaban J connectivity index is 2.04. The third-order valence-electron chi connectivity index (χ3n) is 2.65. The van der Waals surface area contributed by atoms with Gasteiger partial charge in [-0.2, -0.15) is 0 Å². The number of carbonyl (C=O) groups excluding carboxylic acids is 1. The molecule has 0 saturated carbocycles. The molecule has 0 N–H and O–H groups in total. The Morgan fingerprint density at radius 1 is 1.20 bits per heavy atom. The summed E-state index contributed by atoms with van der Waals surface area (Å²) in [5, 5.41) is 0. The molecule has 1 heterocycles. The predicted molar refractivity (Wildman–Crippen MR) is 61.0 cm³/mol. The fourth-order valence-electron chi connectivity index (χ4n) is 1.59. The van der Waals surface area contributed by atoms with Crippen molar-refractivity contribution in [3.63, 3.8) is 0 Å². The van der Waals surface area contributed by atoms with E-state index < -0.39 is 0 Å². The Hall–Kier alpha value is -1.70. The van der Waals surface area contributed by atoms with Crippen LogP contribution in [0.2, 0.25) is 0 Å². The second kappa shape index (κ2) is 3.81. The number of aliphatic imine (C=N–C) groups is 1. The average molecular weight is 199 g/mol. The summed E-state index contributed by atoms with van der Waals surface area (Å²) in [7, 11) is 0. The van der Waals surface area contributed by atoms with Crippen molar-refractivity contribution >= 4 is 11.5 Å². The van der Waals surface area contributed by atoms with Crippen molar-refractivity contribution in [1.29, 1.82) is 0 Å². The van der Waals surface area contributed by atoms with Gasteiger partial charge in [-0.05, 0) is 25.0 Å². The largest absolute Gasteiger partial charge is 0.292 e. The zero-order valence-corrected chi connectivity index (χ0v) is 8.95. The van der Waals surface area contributed by atoms with E-state index in [1.807, 2.05) is 44.2 Å². The molecule has 0 aromatic heterocycles. The Bertz CT molecular complexity index is 455. The van der Waals surface area contributed by atoms with Gasteiger partial charge in [-0.25, -0.2) is 4.99 Å². The van der Waals surface area contributed by atoms with Crippen LogP contribution in [0.3, 0.4) is 0 Å². The Labute approximate surface area is 89.3 Å². The number of hydrogen-bond acceptors (Lipinski definition) is 2. The molecule has 0 amide bonds. The lowest BCUT2D eigenvalue weighted by Gasteiger charge is -2.16. The first-order chi connectivity index (χ1) is 7.18. The highest BCUT2D eigenvalue weighted by Gasteiger charge is 2.21. The van der Waals surface area contributed by atoms with Gasteiger partial charge in [0.05, 0.1) is 0 Å². The number of rotatable bonds is 3. The van der Waals surface area contributed by atoms with Crippen LogP contribution in [0.5, 0.6) is 0 Å². The second-order valence-corrected chi connectivity index (χ2v) is 3.76. The maximum Gasteiger partial charge on any atom is 0.185 e. The van der Waals surface area contributed by atoms with Crippen LogP contribution in [0.4, 0.5) is 0 Å². The average Bonchev–Trinajstić information content (AvgIpc) is 2.26. The van der Waals surface area contributed by atoms with E-state index >= 15 is 0 Å². The summed E-state index contributed by atoms with van der Waals surface area (Å²) in [6, 6.07) is 9.76. The van der Waals surface area contributed by atoms with Crippen LogP contribution >= 0.6 is 0 Å². The fourth-order valence-corrected chi connectivity index (χ4v) is 1.59. The molecule has 0 radical (unpaired) electrons. The molecule has 2 heteroatoms. The molecular weight excluding hydrogens is 186 g/mol. The lowest BCUT2D eigenvalue weighted by molar-refractivity contribution is -0.112. The van der Waals surface area contributed by atoms with E-state index in [0.717, 1.165) is 16.8 Å². The van der Waals surface area contributed by atoms with E-state index in [1.165, 1.54) is 0 Å². The fraction of sp³-hybridized carbons (Fsp3) is 0.231. The van der Waals surface area contributed by atoms with Crippen LogP contribution in [0.25, 0.3) is 0 Å². The summed E-state index contributed by atoms with van der Waals surface area (Å²) in [5.41, 5.74) is 3.71. The van der Waals surface area contributed by atoms with Crippen molar-refractivity contribution < 1.29 is 4.79 Å². The number of benzene rings is 1. The van der Waals surface area contributed by atoms with Crippen molar-refractivity contribution in [2.24, 2.45) is 4.99 Å². The van der Waals surface area contributed by atoms with E-state index in [9.17, 15) is 4.79 Å². The van der Waals surface area contributed by atoms with Gasteiger partial charge < -0.3 is 0 Å². The first-order valence-corrected chi connectivity index (χ1v) is 5.02. The molecule has 0 unspecified atom stereocenters. The third-order valence-corrected chi connectivity index (χ3v) is 2.65. The van der Waals surface area contributed by atoms with Crippen molar-refractivity contribution in [2.45, 2.75) is 20.3 Å². The summed E-state index contributed by atoms with van der Waals surface area (Å²) in [4.78, 5) is 15.9. The molecule has 2 nitrogen and oxygen atoms in total. The molecule has 0 aliphatic carbocycles. The van der Waals surface area contributed by atoms with Crippen LogP contribution in [0, 0.1) is 0 Å². The van der Waals surface area contributed by atoms with Crippen LogP contribution in [0.15, 0.2) is 46.6 Å². The zero-order chi connectivity index (χ0) is 10.8. The van der Waals surface area contributed by atoms with Crippen LogP contribution in [0.1, 0.15) is 19.4 Å². The molecule has 0 fully saturated rings. The smallest absolute Gasteiger partial charge is 0.185 e. The molecule has 15 heavy (non-hydrogen) atoms. The Kier molecular flexibility index (Phi) is 2.50. The SMILES string of the molecule is CC1=C(C)C(C(=O)Cc2ccccc2)=N1. The normalized spacial score (nSPS) is 14.7. The molecule has 2 rings (SSSR count). The molecule has 0 atom stereocenters. The quantitative estimate of drug-likeness (QED) is 0.735. The molecule has 76 valence electrons. The van der Waals surface area contributed by atoms with Gasteiger partial charge in [-0.15, -0.1) is 0 Å². The summed E-state index contributed by atoms with van der Waals surface area (Å²) < 4.78 is 0. The van der Waals surface area contributed by atoms with Gasteiger partial charge in [0.15, 0.2) is 5.78 Å². The number of ketones is 1. The number of nitrogens with zero attached hydrogens (tertiary/aromatic N) is 1. The minimum absolute atomic E-state index is 0.115. The lowest BCUT2D eigenvalue weighted by atomic mass is 9.97. The lowest BCUT2D eigenvalue weighted by Crippen LogP contribution is -2.23. The first-order valence-electron chi connectivity index (χ1n) is 5.02. The van der Waals surface area contributed by atoms with Crippen molar-refractivity contribution in [2.75, 3.05) is 0 Å².